The molecule has 82 valence electrons. The second-order valence-corrected chi connectivity index (χ2v) is 5.18. The monoisotopic (exact) mass is 225 g/mol. The van der Waals surface area contributed by atoms with Crippen molar-refractivity contribution in [1.29, 1.82) is 0 Å². The summed E-state index contributed by atoms with van der Waals surface area (Å²) in [4.78, 5) is 0. The van der Waals surface area contributed by atoms with Crippen molar-refractivity contribution in [3.8, 4) is 0 Å². The van der Waals surface area contributed by atoms with Crippen LogP contribution in [0.5, 0.6) is 0 Å². The number of aromatic nitrogens is 3. The van der Waals surface area contributed by atoms with Crippen LogP contribution in [0.4, 0.5) is 0 Å². The molecule has 1 heterocycles. The maximum atomic E-state index is 6.04. The SMILES string of the molecule is Clc1nnc(C2CC2)n1CCCC1CC1. The predicted octanol–water partition coefficient (Wildman–Crippen LogP) is 3.00. The van der Waals surface area contributed by atoms with Gasteiger partial charge in [0.05, 0.1) is 0 Å². The van der Waals surface area contributed by atoms with Gasteiger partial charge in [0.2, 0.25) is 5.28 Å². The van der Waals surface area contributed by atoms with Crippen molar-refractivity contribution in [1.82, 2.24) is 14.8 Å². The molecular formula is C11H16ClN3. The van der Waals surface area contributed by atoms with E-state index >= 15 is 0 Å². The second kappa shape index (κ2) is 3.78. The van der Waals surface area contributed by atoms with E-state index in [0.717, 1.165) is 18.3 Å². The highest BCUT2D eigenvalue weighted by Gasteiger charge is 2.30. The van der Waals surface area contributed by atoms with Crippen LogP contribution in [0.2, 0.25) is 5.28 Å². The van der Waals surface area contributed by atoms with E-state index < -0.39 is 0 Å². The number of hydrogen-bond acceptors (Lipinski definition) is 2. The Bertz CT molecular complexity index is 353. The van der Waals surface area contributed by atoms with Gasteiger partial charge in [-0.3, -0.25) is 0 Å². The van der Waals surface area contributed by atoms with E-state index in [2.05, 4.69) is 14.8 Å². The van der Waals surface area contributed by atoms with Gasteiger partial charge < -0.3 is 4.57 Å². The topological polar surface area (TPSA) is 30.7 Å². The third kappa shape index (κ3) is 2.17. The molecule has 1 aromatic rings. The Balaban J connectivity index is 1.63. The van der Waals surface area contributed by atoms with Gasteiger partial charge in [0, 0.05) is 12.5 Å². The zero-order valence-corrected chi connectivity index (χ0v) is 9.58. The zero-order chi connectivity index (χ0) is 10.3. The lowest BCUT2D eigenvalue weighted by atomic mass is 10.2. The molecule has 0 unspecified atom stereocenters. The van der Waals surface area contributed by atoms with Crippen molar-refractivity contribution in [2.24, 2.45) is 5.92 Å². The smallest absolute Gasteiger partial charge is 0.225 e. The standard InChI is InChI=1S/C11H16ClN3/c12-11-14-13-10(9-5-6-9)15(11)7-1-2-8-3-4-8/h8-9H,1-7H2. The van der Waals surface area contributed by atoms with Gasteiger partial charge >= 0.3 is 0 Å². The minimum absolute atomic E-state index is 0.577. The number of hydrogen-bond donors (Lipinski definition) is 0. The zero-order valence-electron chi connectivity index (χ0n) is 8.82. The molecule has 0 bridgehead atoms. The van der Waals surface area contributed by atoms with Crippen LogP contribution in [0.25, 0.3) is 0 Å². The van der Waals surface area contributed by atoms with E-state index in [1.165, 1.54) is 38.5 Å². The van der Waals surface area contributed by atoms with Crippen LogP contribution >= 0.6 is 11.6 Å². The highest BCUT2D eigenvalue weighted by Crippen LogP contribution is 2.40. The molecule has 2 aliphatic carbocycles. The van der Waals surface area contributed by atoms with Crippen molar-refractivity contribution in [2.75, 3.05) is 0 Å². The van der Waals surface area contributed by atoms with Crippen LogP contribution in [0.1, 0.15) is 50.3 Å². The third-order valence-corrected chi connectivity index (χ3v) is 3.65. The largest absolute Gasteiger partial charge is 0.302 e. The van der Waals surface area contributed by atoms with Crippen LogP contribution < -0.4 is 0 Å². The Labute approximate surface area is 94.8 Å². The molecule has 0 aromatic carbocycles. The Hall–Kier alpha value is -0.570. The fraction of sp³-hybridized carbons (Fsp3) is 0.818. The maximum absolute atomic E-state index is 6.04. The molecule has 2 saturated carbocycles. The first-order chi connectivity index (χ1) is 7.34. The molecule has 3 nitrogen and oxygen atoms in total. The van der Waals surface area contributed by atoms with Crippen molar-refractivity contribution >= 4 is 11.6 Å². The molecule has 4 heteroatoms. The fourth-order valence-electron chi connectivity index (χ4n) is 2.09. The van der Waals surface area contributed by atoms with Gasteiger partial charge in [-0.25, -0.2) is 0 Å². The van der Waals surface area contributed by atoms with Gasteiger partial charge in [-0.05, 0) is 43.2 Å². The number of halogens is 1. The minimum atomic E-state index is 0.577. The highest BCUT2D eigenvalue weighted by molar-refractivity contribution is 6.28. The Kier molecular flexibility index (Phi) is 2.43. The summed E-state index contributed by atoms with van der Waals surface area (Å²) in [5, 5.41) is 8.72. The van der Waals surface area contributed by atoms with Crippen LogP contribution in [-0.4, -0.2) is 14.8 Å². The van der Waals surface area contributed by atoms with E-state index in [0.29, 0.717) is 11.2 Å². The molecule has 1 aromatic heterocycles. The molecular weight excluding hydrogens is 210 g/mol. The van der Waals surface area contributed by atoms with Gasteiger partial charge in [-0.15, -0.1) is 10.2 Å². The molecule has 0 atom stereocenters. The van der Waals surface area contributed by atoms with Crippen molar-refractivity contribution in [2.45, 2.75) is 51.0 Å². The molecule has 2 fully saturated rings. The number of rotatable bonds is 5. The first kappa shape index (κ1) is 9.64. The lowest BCUT2D eigenvalue weighted by Gasteiger charge is -2.06. The molecule has 0 N–H and O–H groups in total. The molecule has 15 heavy (non-hydrogen) atoms. The van der Waals surface area contributed by atoms with Gasteiger partial charge in [-0.1, -0.05) is 12.8 Å². The summed E-state index contributed by atoms with van der Waals surface area (Å²) >= 11 is 6.04. The normalized spacial score (nSPS) is 20.9. The quantitative estimate of drug-likeness (QED) is 0.771. The Morgan fingerprint density at radius 2 is 2.00 bits per heavy atom. The molecule has 0 radical (unpaired) electrons. The van der Waals surface area contributed by atoms with Gasteiger partial charge in [-0.2, -0.15) is 0 Å². The van der Waals surface area contributed by atoms with Crippen molar-refractivity contribution in [3.05, 3.63) is 11.1 Å². The first-order valence-electron chi connectivity index (χ1n) is 5.93. The molecule has 3 rings (SSSR count). The summed E-state index contributed by atoms with van der Waals surface area (Å²) in [6, 6.07) is 0. The highest BCUT2D eigenvalue weighted by atomic mass is 35.5. The third-order valence-electron chi connectivity index (χ3n) is 3.37. The Morgan fingerprint density at radius 1 is 1.20 bits per heavy atom. The second-order valence-electron chi connectivity index (χ2n) is 4.84. The van der Waals surface area contributed by atoms with Crippen LogP contribution in [0.15, 0.2) is 0 Å². The van der Waals surface area contributed by atoms with E-state index in [-0.39, 0.29) is 0 Å². The molecule has 0 spiro atoms. The van der Waals surface area contributed by atoms with E-state index in [9.17, 15) is 0 Å². The molecule has 0 aliphatic heterocycles. The maximum Gasteiger partial charge on any atom is 0.225 e. The fourth-order valence-corrected chi connectivity index (χ4v) is 2.30. The molecule has 2 aliphatic rings. The summed E-state index contributed by atoms with van der Waals surface area (Å²) < 4.78 is 2.11. The summed E-state index contributed by atoms with van der Waals surface area (Å²) in [6.45, 7) is 1.01. The minimum Gasteiger partial charge on any atom is -0.302 e. The predicted molar refractivity (Wildman–Crippen MR) is 59.0 cm³/mol. The summed E-state index contributed by atoms with van der Waals surface area (Å²) in [5.41, 5.74) is 0. The van der Waals surface area contributed by atoms with Gasteiger partial charge in [0.15, 0.2) is 0 Å². The summed E-state index contributed by atoms with van der Waals surface area (Å²) in [7, 11) is 0. The van der Waals surface area contributed by atoms with Crippen molar-refractivity contribution < 1.29 is 0 Å². The van der Waals surface area contributed by atoms with Gasteiger partial charge in [0.1, 0.15) is 5.82 Å². The lowest BCUT2D eigenvalue weighted by Crippen LogP contribution is -2.03. The average Bonchev–Trinajstić information content (AvgIpc) is 3.10. The number of nitrogens with zero attached hydrogens (tertiary/aromatic N) is 3. The molecule has 0 saturated heterocycles. The summed E-state index contributed by atoms with van der Waals surface area (Å²) in [6.07, 6.45) is 7.97. The van der Waals surface area contributed by atoms with E-state index in [4.69, 9.17) is 11.6 Å². The van der Waals surface area contributed by atoms with Crippen LogP contribution in [0, 0.1) is 5.92 Å². The average molecular weight is 226 g/mol. The van der Waals surface area contributed by atoms with Gasteiger partial charge in [0.25, 0.3) is 0 Å². The summed E-state index contributed by atoms with van der Waals surface area (Å²) in [5.74, 6) is 2.77. The lowest BCUT2D eigenvalue weighted by molar-refractivity contribution is 0.560. The van der Waals surface area contributed by atoms with E-state index in [1.807, 2.05) is 0 Å². The van der Waals surface area contributed by atoms with Crippen LogP contribution in [0.3, 0.4) is 0 Å². The Morgan fingerprint density at radius 3 is 2.67 bits per heavy atom. The van der Waals surface area contributed by atoms with Crippen LogP contribution in [-0.2, 0) is 6.54 Å². The van der Waals surface area contributed by atoms with E-state index in [1.54, 1.807) is 0 Å². The van der Waals surface area contributed by atoms with Crippen molar-refractivity contribution in [3.63, 3.8) is 0 Å². The first-order valence-corrected chi connectivity index (χ1v) is 6.31. The molecule has 0 amide bonds.